The van der Waals surface area contributed by atoms with Gasteiger partial charge >= 0.3 is 0 Å². The third kappa shape index (κ3) is 4.27. The van der Waals surface area contributed by atoms with Crippen LogP contribution < -0.4 is 11.1 Å². The number of hydrogen-bond acceptors (Lipinski definition) is 5. The molecule has 2 rings (SSSR count). The lowest BCUT2D eigenvalue weighted by Gasteiger charge is -2.05. The van der Waals surface area contributed by atoms with Crippen LogP contribution in [0.15, 0.2) is 51.2 Å². The van der Waals surface area contributed by atoms with Crippen molar-refractivity contribution in [1.29, 1.82) is 0 Å². The summed E-state index contributed by atoms with van der Waals surface area (Å²) in [5.74, 6) is -1.59. The number of carbonyl (C=O) groups is 2. The van der Waals surface area contributed by atoms with E-state index in [2.05, 4.69) is 21.2 Å². The molecule has 0 bridgehead atoms. The van der Waals surface area contributed by atoms with E-state index in [1.807, 2.05) is 0 Å². The smallest absolute Gasteiger partial charge is 0.291 e. The number of nitro benzene ring substituents is 1. The summed E-state index contributed by atoms with van der Waals surface area (Å²) < 4.78 is 5.42. The minimum absolute atomic E-state index is 0.0249. The molecule has 1 aromatic carbocycles. The van der Waals surface area contributed by atoms with E-state index in [0.29, 0.717) is 10.2 Å². The molecule has 9 heteroatoms. The van der Waals surface area contributed by atoms with Crippen molar-refractivity contribution in [2.75, 3.05) is 0 Å². The number of nitro groups is 1. The van der Waals surface area contributed by atoms with Gasteiger partial charge in [-0.2, -0.15) is 0 Å². The fraction of sp³-hybridized carbons (Fsp3) is 0. The van der Waals surface area contributed by atoms with Gasteiger partial charge in [0.15, 0.2) is 10.4 Å². The van der Waals surface area contributed by atoms with Crippen LogP contribution in [0.1, 0.15) is 16.1 Å². The van der Waals surface area contributed by atoms with Crippen molar-refractivity contribution in [2.45, 2.75) is 0 Å². The van der Waals surface area contributed by atoms with Crippen molar-refractivity contribution in [3.63, 3.8) is 0 Å². The lowest BCUT2D eigenvalue weighted by molar-refractivity contribution is -0.384. The van der Waals surface area contributed by atoms with Crippen molar-refractivity contribution >= 4 is 39.5 Å². The number of furan rings is 1. The summed E-state index contributed by atoms with van der Waals surface area (Å²) >= 11 is 3.05. The molecule has 0 spiro atoms. The van der Waals surface area contributed by atoms with Crippen LogP contribution in [0.25, 0.3) is 6.08 Å². The Balaban J connectivity index is 2.27. The SMILES string of the molecule is NC(=O)C(=Cc1cccc([N+](=O)[O-])c1)NC(=O)c1ccc(Br)o1. The van der Waals surface area contributed by atoms with E-state index in [4.69, 9.17) is 10.2 Å². The monoisotopic (exact) mass is 379 g/mol. The average molecular weight is 380 g/mol. The Morgan fingerprint density at radius 2 is 2.04 bits per heavy atom. The van der Waals surface area contributed by atoms with E-state index >= 15 is 0 Å². The predicted octanol–water partition coefficient (Wildman–Crippen LogP) is 2.21. The first-order valence-corrected chi connectivity index (χ1v) is 6.99. The molecule has 3 N–H and O–H groups in total. The summed E-state index contributed by atoms with van der Waals surface area (Å²) in [7, 11) is 0. The molecule has 0 atom stereocenters. The third-order valence-corrected chi connectivity index (χ3v) is 3.13. The number of nitrogens with zero attached hydrogens (tertiary/aromatic N) is 1. The van der Waals surface area contributed by atoms with Crippen LogP contribution in [-0.4, -0.2) is 16.7 Å². The summed E-state index contributed by atoms with van der Waals surface area (Å²) in [4.78, 5) is 33.6. The molecule has 0 saturated carbocycles. The Morgan fingerprint density at radius 1 is 1.30 bits per heavy atom. The molecule has 0 aliphatic heterocycles. The second-order valence-electron chi connectivity index (χ2n) is 4.33. The molecule has 0 saturated heterocycles. The molecule has 0 unspecified atom stereocenters. The number of non-ortho nitro benzene ring substituents is 1. The summed E-state index contributed by atoms with van der Waals surface area (Å²) in [5.41, 5.74) is 5.19. The Bertz CT molecular complexity index is 812. The van der Waals surface area contributed by atoms with Crippen molar-refractivity contribution in [3.8, 4) is 0 Å². The lowest BCUT2D eigenvalue weighted by atomic mass is 10.1. The zero-order valence-electron chi connectivity index (χ0n) is 11.5. The van der Waals surface area contributed by atoms with Gasteiger partial charge in [-0.05, 0) is 39.7 Å². The molecule has 8 nitrogen and oxygen atoms in total. The molecule has 23 heavy (non-hydrogen) atoms. The molecule has 0 radical (unpaired) electrons. The lowest BCUT2D eigenvalue weighted by Crippen LogP contribution is -2.30. The molecule has 118 valence electrons. The summed E-state index contributed by atoms with van der Waals surface area (Å²) in [6, 6.07) is 8.47. The number of hydrogen-bond donors (Lipinski definition) is 2. The van der Waals surface area contributed by atoms with Gasteiger partial charge in [-0.25, -0.2) is 0 Å². The highest BCUT2D eigenvalue weighted by atomic mass is 79.9. The fourth-order valence-electron chi connectivity index (χ4n) is 1.68. The minimum Gasteiger partial charge on any atom is -0.444 e. The number of benzene rings is 1. The zero-order chi connectivity index (χ0) is 17.0. The highest BCUT2D eigenvalue weighted by Gasteiger charge is 2.15. The van der Waals surface area contributed by atoms with Gasteiger partial charge < -0.3 is 15.5 Å². The van der Waals surface area contributed by atoms with Crippen molar-refractivity contribution in [2.24, 2.45) is 5.73 Å². The second-order valence-corrected chi connectivity index (χ2v) is 5.11. The van der Waals surface area contributed by atoms with Crippen molar-refractivity contribution in [3.05, 3.63) is 68.2 Å². The minimum atomic E-state index is -0.893. The summed E-state index contributed by atoms with van der Waals surface area (Å²) in [5, 5.41) is 13.1. The molecule has 2 aromatic rings. The first-order valence-electron chi connectivity index (χ1n) is 6.19. The Labute approximate surface area is 138 Å². The van der Waals surface area contributed by atoms with Gasteiger partial charge in [0, 0.05) is 12.1 Å². The van der Waals surface area contributed by atoms with Gasteiger partial charge in [-0.3, -0.25) is 19.7 Å². The molecule has 0 aliphatic rings. The summed E-state index contributed by atoms with van der Waals surface area (Å²) in [6.07, 6.45) is 1.24. The average Bonchev–Trinajstić information content (AvgIpc) is 2.93. The molecule has 1 aromatic heterocycles. The molecule has 1 heterocycles. The van der Waals surface area contributed by atoms with Gasteiger partial charge in [0.1, 0.15) is 5.70 Å². The van der Waals surface area contributed by atoms with Gasteiger partial charge in [0.05, 0.1) is 4.92 Å². The highest BCUT2D eigenvalue weighted by Crippen LogP contribution is 2.16. The number of primary amides is 1. The number of carbonyl (C=O) groups excluding carboxylic acids is 2. The molecule has 2 amide bonds. The van der Waals surface area contributed by atoms with Gasteiger partial charge in [0.2, 0.25) is 0 Å². The maximum Gasteiger partial charge on any atom is 0.291 e. The topological polar surface area (TPSA) is 128 Å². The second kappa shape index (κ2) is 6.88. The highest BCUT2D eigenvalue weighted by molar-refractivity contribution is 9.10. The van der Waals surface area contributed by atoms with E-state index in [-0.39, 0.29) is 17.1 Å². The zero-order valence-corrected chi connectivity index (χ0v) is 13.1. The van der Waals surface area contributed by atoms with E-state index in [9.17, 15) is 19.7 Å². The van der Waals surface area contributed by atoms with E-state index < -0.39 is 16.7 Å². The predicted molar refractivity (Wildman–Crippen MR) is 84.1 cm³/mol. The van der Waals surface area contributed by atoms with E-state index in [0.717, 1.165) is 0 Å². The Hall–Kier alpha value is -2.94. The van der Waals surface area contributed by atoms with Crippen LogP contribution in [-0.2, 0) is 4.79 Å². The number of nitrogens with one attached hydrogen (secondary N) is 1. The third-order valence-electron chi connectivity index (χ3n) is 2.70. The van der Waals surface area contributed by atoms with Gasteiger partial charge in [-0.15, -0.1) is 0 Å². The van der Waals surface area contributed by atoms with Crippen LogP contribution in [0.2, 0.25) is 0 Å². The van der Waals surface area contributed by atoms with Crippen LogP contribution in [0.3, 0.4) is 0 Å². The van der Waals surface area contributed by atoms with Crippen LogP contribution in [0.4, 0.5) is 5.69 Å². The first kappa shape index (κ1) is 16.4. The number of nitrogens with two attached hydrogens (primary N) is 1. The van der Waals surface area contributed by atoms with Crippen LogP contribution >= 0.6 is 15.9 Å². The molecular weight excluding hydrogens is 370 g/mol. The van der Waals surface area contributed by atoms with E-state index in [1.54, 1.807) is 0 Å². The largest absolute Gasteiger partial charge is 0.444 e. The number of halogens is 1. The fourth-order valence-corrected chi connectivity index (χ4v) is 1.99. The van der Waals surface area contributed by atoms with Gasteiger partial charge in [-0.1, -0.05) is 12.1 Å². The van der Waals surface area contributed by atoms with E-state index in [1.165, 1.54) is 42.5 Å². The quantitative estimate of drug-likeness (QED) is 0.467. The normalized spacial score (nSPS) is 11.1. The maximum absolute atomic E-state index is 12.0. The standard InChI is InChI=1S/C14H10BrN3O5/c15-12-5-4-11(23-12)14(20)17-10(13(16)19)7-8-2-1-3-9(6-8)18(21)22/h1-7H,(H2,16,19)(H,17,20). The molecule has 0 fully saturated rings. The number of rotatable bonds is 5. The van der Waals surface area contributed by atoms with Crippen molar-refractivity contribution in [1.82, 2.24) is 5.32 Å². The Kier molecular flexibility index (Phi) is 4.91. The molecular formula is C14H10BrN3O5. The van der Waals surface area contributed by atoms with Crippen LogP contribution in [0.5, 0.6) is 0 Å². The van der Waals surface area contributed by atoms with Crippen LogP contribution in [0, 0.1) is 10.1 Å². The van der Waals surface area contributed by atoms with Gasteiger partial charge in [0.25, 0.3) is 17.5 Å². The molecule has 0 aliphatic carbocycles. The summed E-state index contributed by atoms with van der Waals surface area (Å²) in [6.45, 7) is 0. The first-order chi connectivity index (χ1) is 10.9. The van der Waals surface area contributed by atoms with Crippen molar-refractivity contribution < 1.29 is 18.9 Å². The Morgan fingerprint density at radius 3 is 2.61 bits per heavy atom. The number of amides is 2. The maximum atomic E-state index is 12.0.